The van der Waals surface area contributed by atoms with Crippen molar-refractivity contribution >= 4 is 17.2 Å². The maximum Gasteiger partial charge on any atom is 0.152 e. The first-order chi connectivity index (χ1) is 12.1. The van der Waals surface area contributed by atoms with Crippen molar-refractivity contribution in [1.29, 1.82) is 0 Å². The maximum atomic E-state index is 10.0. The van der Waals surface area contributed by atoms with Gasteiger partial charge in [0.05, 0.1) is 0 Å². The number of phenolic OH excluding ortho intramolecular Hbond substituents is 1. The number of rotatable bonds is 4. The third-order valence-electron chi connectivity index (χ3n) is 4.92. The van der Waals surface area contributed by atoms with E-state index >= 15 is 0 Å². The number of phenols is 1. The molecule has 3 heteroatoms. The first-order valence-electron chi connectivity index (χ1n) is 8.49. The lowest BCUT2D eigenvalue weighted by molar-refractivity contribution is -0.0471. The van der Waals surface area contributed by atoms with Gasteiger partial charge in [0, 0.05) is 17.9 Å². The van der Waals surface area contributed by atoms with Crippen LogP contribution in [0.3, 0.4) is 0 Å². The number of aliphatic hydroxyl groups is 2. The summed E-state index contributed by atoms with van der Waals surface area (Å²) in [6.45, 7) is 0. The molecule has 0 heterocycles. The highest BCUT2D eigenvalue weighted by molar-refractivity contribution is 5.91. The average Bonchev–Trinajstić information content (AvgIpc) is 3.22. The summed E-state index contributed by atoms with van der Waals surface area (Å²) in [6.07, 6.45) is 8.16. The van der Waals surface area contributed by atoms with Crippen molar-refractivity contribution < 1.29 is 15.3 Å². The van der Waals surface area contributed by atoms with Crippen LogP contribution in [0, 0.1) is 0 Å². The minimum absolute atomic E-state index is 0.0440. The van der Waals surface area contributed by atoms with Gasteiger partial charge in [-0.25, -0.2) is 0 Å². The van der Waals surface area contributed by atoms with Gasteiger partial charge in [0.2, 0.25) is 0 Å². The minimum Gasteiger partial charge on any atom is -0.507 e. The Bertz CT molecular complexity index is 903. The summed E-state index contributed by atoms with van der Waals surface area (Å²) in [5.41, 5.74) is 6.51. The molecule has 0 bridgehead atoms. The molecule has 2 aliphatic rings. The van der Waals surface area contributed by atoms with Gasteiger partial charge >= 0.3 is 0 Å². The van der Waals surface area contributed by atoms with Gasteiger partial charge in [-0.2, -0.15) is 0 Å². The topological polar surface area (TPSA) is 60.7 Å². The molecule has 1 unspecified atom stereocenters. The molecule has 0 aliphatic heterocycles. The van der Waals surface area contributed by atoms with Crippen LogP contribution in [0.4, 0.5) is 0 Å². The molecule has 4 rings (SSSR count). The van der Waals surface area contributed by atoms with Crippen molar-refractivity contribution in [3.63, 3.8) is 0 Å². The molecule has 0 saturated heterocycles. The summed E-state index contributed by atoms with van der Waals surface area (Å²) in [7, 11) is 0. The zero-order chi connectivity index (χ0) is 17.4. The Morgan fingerprint density at radius 1 is 1.08 bits per heavy atom. The molecular formula is C22H20O3. The second-order valence-electron chi connectivity index (χ2n) is 6.58. The van der Waals surface area contributed by atoms with Gasteiger partial charge in [-0.15, -0.1) is 0 Å². The van der Waals surface area contributed by atoms with E-state index in [4.69, 9.17) is 0 Å². The van der Waals surface area contributed by atoms with Crippen molar-refractivity contribution in [3.05, 3.63) is 82.9 Å². The monoisotopic (exact) mass is 332 g/mol. The molecule has 3 N–H and O–H groups in total. The molecule has 3 nitrogen and oxygen atoms in total. The number of aliphatic hydroxyl groups excluding tert-OH is 1. The Morgan fingerprint density at radius 2 is 1.92 bits per heavy atom. The smallest absolute Gasteiger partial charge is 0.152 e. The Hall–Kier alpha value is -2.62. The summed E-state index contributed by atoms with van der Waals surface area (Å²) in [5, 5.41) is 28.6. The molecule has 0 saturated carbocycles. The molecule has 0 fully saturated rings. The van der Waals surface area contributed by atoms with Crippen molar-refractivity contribution in [2.45, 2.75) is 25.0 Å². The molecule has 2 aromatic carbocycles. The highest BCUT2D eigenvalue weighted by Crippen LogP contribution is 2.39. The maximum absolute atomic E-state index is 10.0. The van der Waals surface area contributed by atoms with Crippen molar-refractivity contribution in [1.82, 2.24) is 0 Å². The lowest BCUT2D eigenvalue weighted by atomic mass is 9.93. The Kier molecular flexibility index (Phi) is 4.04. The van der Waals surface area contributed by atoms with Gasteiger partial charge in [0.15, 0.2) is 6.29 Å². The van der Waals surface area contributed by atoms with Gasteiger partial charge in [0.25, 0.3) is 0 Å². The predicted molar refractivity (Wildman–Crippen MR) is 99.7 cm³/mol. The average molecular weight is 332 g/mol. The lowest BCUT2D eigenvalue weighted by Crippen LogP contribution is -2.09. The molecule has 2 aliphatic carbocycles. The standard InChI is InChI=1S/C22H20O3/c23-21-4-2-1-3-19(21)17-10-8-15(11-17)16-7-5-14-6-9-18(13-22(24)25)20(14)12-16/h1-7,9-12,18,22-25H,8,13H2. The van der Waals surface area contributed by atoms with Crippen LogP contribution in [0.2, 0.25) is 0 Å². The number of hydrogen-bond donors (Lipinski definition) is 3. The predicted octanol–water partition coefficient (Wildman–Crippen LogP) is 4.07. The Morgan fingerprint density at radius 3 is 2.72 bits per heavy atom. The fourth-order valence-corrected chi connectivity index (χ4v) is 3.64. The van der Waals surface area contributed by atoms with E-state index in [-0.39, 0.29) is 5.92 Å². The third-order valence-corrected chi connectivity index (χ3v) is 4.92. The first-order valence-corrected chi connectivity index (χ1v) is 8.49. The molecule has 0 amide bonds. The molecule has 0 radical (unpaired) electrons. The zero-order valence-electron chi connectivity index (χ0n) is 13.8. The van der Waals surface area contributed by atoms with E-state index in [9.17, 15) is 15.3 Å². The third kappa shape index (κ3) is 3.04. The van der Waals surface area contributed by atoms with Crippen LogP contribution in [-0.4, -0.2) is 21.6 Å². The molecule has 0 spiro atoms. The molecule has 126 valence electrons. The van der Waals surface area contributed by atoms with E-state index < -0.39 is 6.29 Å². The largest absolute Gasteiger partial charge is 0.507 e. The van der Waals surface area contributed by atoms with Crippen LogP contribution in [0.1, 0.15) is 41.0 Å². The number of benzene rings is 2. The van der Waals surface area contributed by atoms with E-state index in [2.05, 4.69) is 30.4 Å². The van der Waals surface area contributed by atoms with Crippen LogP contribution in [0.15, 0.2) is 60.7 Å². The fourth-order valence-electron chi connectivity index (χ4n) is 3.64. The van der Waals surface area contributed by atoms with Crippen LogP contribution in [0.5, 0.6) is 5.75 Å². The number of fused-ring (bicyclic) bond motifs is 1. The Balaban J connectivity index is 1.62. The van der Waals surface area contributed by atoms with Crippen molar-refractivity contribution in [3.8, 4) is 5.75 Å². The molecule has 25 heavy (non-hydrogen) atoms. The van der Waals surface area contributed by atoms with Crippen LogP contribution < -0.4 is 0 Å². The Labute approximate surface area is 146 Å². The van der Waals surface area contributed by atoms with Crippen LogP contribution in [0.25, 0.3) is 17.2 Å². The van der Waals surface area contributed by atoms with Gasteiger partial charge < -0.3 is 15.3 Å². The van der Waals surface area contributed by atoms with E-state index in [1.807, 2.05) is 30.4 Å². The zero-order valence-corrected chi connectivity index (χ0v) is 13.8. The van der Waals surface area contributed by atoms with Crippen molar-refractivity contribution in [2.24, 2.45) is 0 Å². The molecule has 1 atom stereocenters. The SMILES string of the molecule is Oc1ccccc1C1=CCC(c2ccc3c(c2)C(CC(O)O)C=C3)=C1. The molecule has 2 aromatic rings. The van der Waals surface area contributed by atoms with Crippen LogP contribution in [-0.2, 0) is 0 Å². The fraction of sp³-hybridized carbons (Fsp3) is 0.182. The van der Waals surface area contributed by atoms with Gasteiger partial charge in [-0.1, -0.05) is 60.7 Å². The van der Waals surface area contributed by atoms with Crippen LogP contribution >= 0.6 is 0 Å². The number of hydrogen-bond acceptors (Lipinski definition) is 3. The van der Waals surface area contributed by atoms with Gasteiger partial charge in [0.1, 0.15) is 5.75 Å². The highest BCUT2D eigenvalue weighted by atomic mass is 16.5. The van der Waals surface area contributed by atoms with Gasteiger partial charge in [-0.3, -0.25) is 0 Å². The summed E-state index contributed by atoms with van der Waals surface area (Å²) in [5.74, 6) is 0.337. The quantitative estimate of drug-likeness (QED) is 0.740. The number of aromatic hydroxyl groups is 1. The van der Waals surface area contributed by atoms with Crippen molar-refractivity contribution in [2.75, 3.05) is 0 Å². The second kappa shape index (κ2) is 6.36. The summed E-state index contributed by atoms with van der Waals surface area (Å²) >= 11 is 0. The van der Waals surface area contributed by atoms with E-state index in [0.29, 0.717) is 12.2 Å². The van der Waals surface area contributed by atoms with E-state index in [1.165, 1.54) is 5.57 Å². The number of allylic oxidation sites excluding steroid dienone is 5. The summed E-state index contributed by atoms with van der Waals surface area (Å²) in [6, 6.07) is 13.7. The van der Waals surface area contributed by atoms with E-state index in [1.54, 1.807) is 6.07 Å². The highest BCUT2D eigenvalue weighted by Gasteiger charge is 2.21. The lowest BCUT2D eigenvalue weighted by Gasteiger charge is -2.14. The summed E-state index contributed by atoms with van der Waals surface area (Å²) in [4.78, 5) is 0. The van der Waals surface area contributed by atoms with Gasteiger partial charge in [-0.05, 0) is 40.3 Å². The normalized spacial score (nSPS) is 18.4. The molecular weight excluding hydrogens is 312 g/mol. The first kappa shape index (κ1) is 15.9. The molecule has 0 aromatic heterocycles. The second-order valence-corrected chi connectivity index (χ2v) is 6.58. The minimum atomic E-state index is -1.30. The number of para-hydroxylation sites is 1. The van der Waals surface area contributed by atoms with E-state index in [0.717, 1.165) is 34.2 Å². The summed E-state index contributed by atoms with van der Waals surface area (Å²) < 4.78 is 0.